The van der Waals surface area contributed by atoms with Gasteiger partial charge in [0.05, 0.1) is 6.07 Å². The van der Waals surface area contributed by atoms with Crippen LogP contribution in [0.1, 0.15) is 19.5 Å². The van der Waals surface area contributed by atoms with Crippen molar-refractivity contribution >= 4 is 87.1 Å². The van der Waals surface area contributed by atoms with Crippen molar-refractivity contribution in [3.63, 3.8) is 0 Å². The first-order valence-corrected chi connectivity index (χ1v) is 16.1. The SMILES string of the molecule is CN[n+]1c(N)cc(N)nc1SCC1=C(C(=O)O)N2C(=O)C(NC(=O)/C(=N\OC(C)(C)C(=O)O)c3csc(N)n3)C2SC1.O=C([O-])C(F)(F)F. The molecule has 2 amide bonds. The van der Waals surface area contributed by atoms with E-state index < -0.39 is 58.6 Å². The third-order valence-corrected chi connectivity index (χ3v) is 9.24. The topological polar surface area (TPSA) is 305 Å². The number of anilines is 3. The summed E-state index contributed by atoms with van der Waals surface area (Å²) >= 11 is 3.46. The van der Waals surface area contributed by atoms with Crippen molar-refractivity contribution in [1.82, 2.24) is 20.2 Å². The maximum absolute atomic E-state index is 13.2. The number of alkyl halides is 3. The first-order chi connectivity index (χ1) is 22.7. The molecule has 4 heterocycles. The zero-order chi connectivity index (χ0) is 37.0. The van der Waals surface area contributed by atoms with E-state index in [1.54, 1.807) is 7.05 Å². The number of thiazole rings is 1. The van der Waals surface area contributed by atoms with Crippen molar-refractivity contribution in [1.29, 1.82) is 0 Å². The molecule has 0 radical (unpaired) electrons. The van der Waals surface area contributed by atoms with Crippen LogP contribution in [0.5, 0.6) is 0 Å². The molecule has 1 fully saturated rings. The van der Waals surface area contributed by atoms with Crippen molar-refractivity contribution < 1.29 is 62.0 Å². The lowest BCUT2D eigenvalue weighted by molar-refractivity contribution is -0.675. The standard InChI is InChI=1S/C22H26N10O7S3.C2HF3O2/c1-22(2,19(37)38)39-30-12(9-7-41-20(25)27-9)15(33)29-13-16(34)31-14(18(35)36)8(5-40-17(13)31)6-42-21-28-10(23)4-11(24)32(21)26-3;3-2(4,5)1(6)7/h4,7,13,17,26H,5-6H2,1-3H3,(H8,23,24,25,27,29,33,35,36,37,38);(H,6,7)/b30-12-;. The van der Waals surface area contributed by atoms with Crippen molar-refractivity contribution in [2.45, 2.75) is 42.2 Å². The Hall–Kier alpha value is -5.04. The molecule has 0 spiro atoms. The number of oxime groups is 1. The molecular weight excluding hydrogens is 726 g/mol. The van der Waals surface area contributed by atoms with E-state index in [0.29, 0.717) is 16.5 Å². The number of fused-ring (bicyclic) bond motifs is 1. The van der Waals surface area contributed by atoms with Crippen LogP contribution in [0.4, 0.5) is 29.9 Å². The molecule has 1 saturated heterocycles. The van der Waals surface area contributed by atoms with E-state index in [0.717, 1.165) is 16.2 Å². The van der Waals surface area contributed by atoms with E-state index >= 15 is 0 Å². The number of aliphatic carboxylic acids is 3. The summed E-state index contributed by atoms with van der Waals surface area (Å²) in [7, 11) is 1.63. The van der Waals surface area contributed by atoms with Crippen LogP contribution in [-0.2, 0) is 28.8 Å². The van der Waals surface area contributed by atoms with Gasteiger partial charge in [-0.2, -0.15) is 13.2 Å². The van der Waals surface area contributed by atoms with Gasteiger partial charge in [-0.15, -0.1) is 27.8 Å². The average Bonchev–Trinajstić information content (AvgIpc) is 3.43. The van der Waals surface area contributed by atoms with E-state index in [2.05, 4.69) is 25.9 Å². The average molecular weight is 753 g/mol. The van der Waals surface area contributed by atoms with E-state index in [1.807, 2.05) is 0 Å². The number of carbonyl (C=O) groups excluding carboxylic acids is 3. The Kier molecular flexibility index (Phi) is 11.8. The van der Waals surface area contributed by atoms with Crippen molar-refractivity contribution in [3.8, 4) is 0 Å². The lowest BCUT2D eigenvalue weighted by Crippen LogP contribution is -2.71. The Bertz CT molecular complexity index is 1740. The number of nitrogens with zero attached hydrogens (tertiary/aromatic N) is 5. The second-order valence-electron chi connectivity index (χ2n) is 10.1. The predicted octanol–water partition coefficient (Wildman–Crippen LogP) is -1.84. The first kappa shape index (κ1) is 38.4. The quantitative estimate of drug-likeness (QED) is 0.0331. The molecule has 0 aliphatic carbocycles. The Morgan fingerprint density at radius 1 is 1.22 bits per heavy atom. The number of aromatic nitrogens is 3. The van der Waals surface area contributed by atoms with Gasteiger partial charge in [0.1, 0.15) is 28.8 Å². The van der Waals surface area contributed by atoms with Crippen LogP contribution in [0, 0.1) is 0 Å². The van der Waals surface area contributed by atoms with E-state index in [1.165, 1.54) is 53.5 Å². The highest BCUT2D eigenvalue weighted by molar-refractivity contribution is 8.01. The van der Waals surface area contributed by atoms with E-state index in [9.17, 15) is 42.6 Å². The Balaban J connectivity index is 0.000000838. The minimum Gasteiger partial charge on any atom is -0.542 e. The number of thioether (sulfide) groups is 2. The lowest BCUT2D eigenvalue weighted by atomic mass is 10.0. The molecule has 0 saturated carbocycles. The normalized spacial score (nSPS) is 17.6. The maximum Gasteiger partial charge on any atom is 0.430 e. The minimum absolute atomic E-state index is 0.0103. The molecule has 0 bridgehead atoms. The summed E-state index contributed by atoms with van der Waals surface area (Å²) in [6.07, 6.45) is -5.19. The molecular formula is C24H27F3N10O9S3. The van der Waals surface area contributed by atoms with Gasteiger partial charge in [-0.05, 0) is 31.2 Å². The fourth-order valence-electron chi connectivity index (χ4n) is 3.80. The lowest BCUT2D eigenvalue weighted by Gasteiger charge is -2.49. The summed E-state index contributed by atoms with van der Waals surface area (Å²) in [5.41, 5.74) is 18.4. The molecule has 25 heteroatoms. The minimum atomic E-state index is -5.19. The fourth-order valence-corrected chi connectivity index (χ4v) is 6.86. The van der Waals surface area contributed by atoms with Crippen LogP contribution in [0.15, 0.2) is 33.0 Å². The number of nitrogens with two attached hydrogens (primary N) is 3. The summed E-state index contributed by atoms with van der Waals surface area (Å²) < 4.78 is 33.0. The third kappa shape index (κ3) is 8.91. The number of hydrogen-bond donors (Lipinski definition) is 7. The molecule has 4 rings (SSSR count). The summed E-state index contributed by atoms with van der Waals surface area (Å²) in [6, 6.07) is 0.372. The van der Waals surface area contributed by atoms with Crippen LogP contribution in [0.3, 0.4) is 0 Å². The number of halogens is 3. The van der Waals surface area contributed by atoms with Crippen LogP contribution in [0.25, 0.3) is 0 Å². The maximum atomic E-state index is 13.2. The second-order valence-corrected chi connectivity index (χ2v) is 13.0. The highest BCUT2D eigenvalue weighted by atomic mass is 32.2. The van der Waals surface area contributed by atoms with Crippen molar-refractivity contribution in [2.75, 3.05) is 41.2 Å². The molecule has 266 valence electrons. The highest BCUT2D eigenvalue weighted by Gasteiger charge is 2.54. The van der Waals surface area contributed by atoms with Crippen molar-refractivity contribution in [2.24, 2.45) is 5.16 Å². The van der Waals surface area contributed by atoms with Gasteiger partial charge >= 0.3 is 23.3 Å². The molecule has 10 N–H and O–H groups in total. The molecule has 2 aliphatic heterocycles. The van der Waals surface area contributed by atoms with Crippen LogP contribution in [0.2, 0.25) is 0 Å². The second kappa shape index (κ2) is 15.0. The summed E-state index contributed by atoms with van der Waals surface area (Å²) in [5.74, 6) is -6.29. The number of hydrogen-bond acceptors (Lipinski definition) is 17. The smallest absolute Gasteiger partial charge is 0.430 e. The molecule has 49 heavy (non-hydrogen) atoms. The Labute approximate surface area is 285 Å². The Morgan fingerprint density at radius 2 is 1.86 bits per heavy atom. The monoisotopic (exact) mass is 752 g/mol. The van der Waals surface area contributed by atoms with Gasteiger partial charge in [-0.3, -0.25) is 19.9 Å². The van der Waals surface area contributed by atoms with Crippen molar-refractivity contribution in [3.05, 3.63) is 28.4 Å². The van der Waals surface area contributed by atoms with Crippen LogP contribution in [-0.4, -0.2) is 102 Å². The van der Waals surface area contributed by atoms with Gasteiger partial charge in [0.15, 0.2) is 10.8 Å². The van der Waals surface area contributed by atoms with E-state index in [4.69, 9.17) is 31.9 Å². The molecule has 2 aromatic heterocycles. The fraction of sp³-hybridized carbons (Fsp3) is 0.375. The summed E-state index contributed by atoms with van der Waals surface area (Å²) in [6.45, 7) is 2.47. The highest BCUT2D eigenvalue weighted by Crippen LogP contribution is 2.41. The molecule has 19 nitrogen and oxygen atoms in total. The molecule has 2 aliphatic rings. The van der Waals surface area contributed by atoms with Gasteiger partial charge in [0.25, 0.3) is 11.8 Å². The number of carboxylic acid groups (broad SMARTS) is 3. The number of carbonyl (C=O) groups is 5. The zero-order valence-electron chi connectivity index (χ0n) is 25.3. The molecule has 2 aromatic rings. The summed E-state index contributed by atoms with van der Waals surface area (Å²) in [4.78, 5) is 73.3. The largest absolute Gasteiger partial charge is 0.542 e. The number of amides is 2. The molecule has 2 unspecified atom stereocenters. The number of nitrogen functional groups attached to an aromatic ring is 3. The number of β-lactam (4-membered cyclic amide) rings is 1. The number of rotatable bonds is 11. The number of nitrogens with one attached hydrogen (secondary N) is 2. The van der Waals surface area contributed by atoms with Gasteiger partial charge in [0.2, 0.25) is 17.2 Å². The summed E-state index contributed by atoms with van der Waals surface area (Å²) in [5, 5.41) is 35.6. The first-order valence-electron chi connectivity index (χ1n) is 13.2. The number of carboxylic acids is 3. The predicted molar refractivity (Wildman–Crippen MR) is 166 cm³/mol. The van der Waals surface area contributed by atoms with Gasteiger partial charge in [0, 0.05) is 23.9 Å². The van der Waals surface area contributed by atoms with Gasteiger partial charge in [-0.1, -0.05) is 10.1 Å². The van der Waals surface area contributed by atoms with E-state index in [-0.39, 0.29) is 33.8 Å². The van der Waals surface area contributed by atoms with Crippen LogP contribution < -0.4 is 37.7 Å². The van der Waals surface area contributed by atoms with Gasteiger partial charge < -0.3 is 47.5 Å². The van der Waals surface area contributed by atoms with Gasteiger partial charge in [-0.25, -0.2) is 14.6 Å². The zero-order valence-corrected chi connectivity index (χ0v) is 27.8. The third-order valence-electron chi connectivity index (χ3n) is 6.20. The molecule has 0 aromatic carbocycles. The Morgan fingerprint density at radius 3 is 2.37 bits per heavy atom. The van der Waals surface area contributed by atoms with Crippen LogP contribution >= 0.6 is 34.9 Å². The molecule has 2 atom stereocenters.